The van der Waals surface area contributed by atoms with E-state index in [2.05, 4.69) is 22.9 Å². The minimum Gasteiger partial charge on any atom is -0.382 e. The lowest BCUT2D eigenvalue weighted by Gasteiger charge is -2.33. The van der Waals surface area contributed by atoms with Gasteiger partial charge in [-0.25, -0.2) is 0 Å². The fourth-order valence-electron chi connectivity index (χ4n) is 3.56. The van der Waals surface area contributed by atoms with E-state index in [1.54, 1.807) is 7.11 Å². The molecule has 0 aromatic rings. The van der Waals surface area contributed by atoms with E-state index in [4.69, 9.17) is 9.47 Å². The van der Waals surface area contributed by atoms with Crippen molar-refractivity contribution >= 4 is 11.8 Å². The molecule has 1 aliphatic carbocycles. The number of piperidine rings is 1. The first kappa shape index (κ1) is 20.1. The van der Waals surface area contributed by atoms with Crippen molar-refractivity contribution in [2.24, 2.45) is 11.8 Å². The van der Waals surface area contributed by atoms with Crippen molar-refractivity contribution in [3.8, 4) is 0 Å². The lowest BCUT2D eigenvalue weighted by molar-refractivity contribution is -0.128. The summed E-state index contributed by atoms with van der Waals surface area (Å²) >= 11 is 0. The van der Waals surface area contributed by atoms with Gasteiger partial charge in [-0.05, 0) is 44.6 Å². The molecule has 0 bridgehead atoms. The van der Waals surface area contributed by atoms with Crippen molar-refractivity contribution in [3.63, 3.8) is 0 Å². The summed E-state index contributed by atoms with van der Waals surface area (Å²) in [5.74, 6) is 0.679. The van der Waals surface area contributed by atoms with Crippen LogP contribution in [-0.2, 0) is 19.1 Å². The first-order valence-corrected chi connectivity index (χ1v) is 9.47. The predicted octanol–water partition coefficient (Wildman–Crippen LogP) is 0.439. The normalized spacial score (nSPS) is 29.8. The largest absolute Gasteiger partial charge is 0.382 e. The molecule has 1 saturated heterocycles. The summed E-state index contributed by atoms with van der Waals surface area (Å²) in [6, 6.07) is 0.390. The Morgan fingerprint density at radius 3 is 2.52 bits per heavy atom. The fourth-order valence-corrected chi connectivity index (χ4v) is 3.56. The summed E-state index contributed by atoms with van der Waals surface area (Å²) < 4.78 is 10.1. The molecule has 0 spiro atoms. The summed E-state index contributed by atoms with van der Waals surface area (Å²) in [4.78, 5) is 24.3. The molecule has 2 atom stereocenters. The van der Waals surface area contributed by atoms with Gasteiger partial charge in [-0.3, -0.25) is 9.59 Å². The maximum Gasteiger partial charge on any atom is 0.246 e. The monoisotopic (exact) mass is 355 g/mol. The van der Waals surface area contributed by atoms with Crippen LogP contribution >= 0.6 is 0 Å². The average Bonchev–Trinajstić information content (AvgIpc) is 2.61. The molecule has 0 aromatic carbocycles. The van der Waals surface area contributed by atoms with Crippen molar-refractivity contribution in [1.29, 1.82) is 0 Å². The third kappa shape index (κ3) is 6.92. The third-order valence-corrected chi connectivity index (χ3v) is 5.28. The molecule has 1 aliphatic heterocycles. The van der Waals surface area contributed by atoms with Crippen LogP contribution in [0.2, 0.25) is 0 Å². The summed E-state index contributed by atoms with van der Waals surface area (Å²) in [5.41, 5.74) is 0. The van der Waals surface area contributed by atoms with E-state index in [9.17, 15) is 9.59 Å². The molecule has 7 nitrogen and oxygen atoms in total. The molecule has 2 fully saturated rings. The lowest BCUT2D eigenvalue weighted by atomic mass is 9.84. The number of carbonyl (C=O) groups is 2. The molecule has 25 heavy (non-hydrogen) atoms. The number of hydrogen-bond acceptors (Lipinski definition) is 5. The van der Waals surface area contributed by atoms with E-state index in [0.717, 1.165) is 45.2 Å². The van der Waals surface area contributed by atoms with Gasteiger partial charge in [0.2, 0.25) is 11.8 Å². The van der Waals surface area contributed by atoms with Crippen LogP contribution in [0, 0.1) is 11.8 Å². The van der Waals surface area contributed by atoms with Crippen molar-refractivity contribution in [2.45, 2.75) is 51.1 Å². The first-order chi connectivity index (χ1) is 12.1. The van der Waals surface area contributed by atoms with Gasteiger partial charge in [-0.1, -0.05) is 6.92 Å². The van der Waals surface area contributed by atoms with Gasteiger partial charge in [0.05, 0.1) is 13.2 Å². The number of ether oxygens (including phenoxy) is 2. The number of hydrogen-bond donors (Lipinski definition) is 3. The van der Waals surface area contributed by atoms with Crippen LogP contribution in [0.15, 0.2) is 0 Å². The summed E-state index contributed by atoms with van der Waals surface area (Å²) in [7, 11) is 1.60. The molecule has 0 aromatic heterocycles. The number of amides is 2. The van der Waals surface area contributed by atoms with E-state index in [1.807, 2.05) is 0 Å². The fraction of sp³-hybridized carbons (Fsp3) is 0.889. The predicted molar refractivity (Wildman–Crippen MR) is 95.2 cm³/mol. The number of nitrogens with one attached hydrogen (secondary N) is 3. The second kappa shape index (κ2) is 10.7. The van der Waals surface area contributed by atoms with Crippen LogP contribution in [0.1, 0.15) is 39.0 Å². The van der Waals surface area contributed by atoms with Crippen molar-refractivity contribution in [1.82, 2.24) is 16.0 Å². The highest BCUT2D eigenvalue weighted by molar-refractivity contribution is 5.79. The lowest BCUT2D eigenvalue weighted by Crippen LogP contribution is -2.52. The van der Waals surface area contributed by atoms with E-state index in [0.29, 0.717) is 19.1 Å². The number of carbonyl (C=O) groups excluding carboxylic acids is 2. The van der Waals surface area contributed by atoms with Gasteiger partial charge in [0.1, 0.15) is 6.61 Å². The molecule has 2 aliphatic rings. The summed E-state index contributed by atoms with van der Waals surface area (Å²) in [5, 5.41) is 9.56. The van der Waals surface area contributed by atoms with Crippen LogP contribution in [-0.4, -0.2) is 63.9 Å². The van der Waals surface area contributed by atoms with E-state index in [1.165, 1.54) is 0 Å². The second-order valence-corrected chi connectivity index (χ2v) is 7.25. The van der Waals surface area contributed by atoms with E-state index < -0.39 is 0 Å². The molecular formula is C18H33N3O4. The van der Waals surface area contributed by atoms with Crippen LogP contribution in [0.5, 0.6) is 0 Å². The molecule has 2 unspecified atom stereocenters. The molecule has 1 saturated carbocycles. The zero-order chi connectivity index (χ0) is 18.1. The zero-order valence-corrected chi connectivity index (χ0v) is 15.5. The Labute approximate surface area is 150 Å². The van der Waals surface area contributed by atoms with Crippen LogP contribution in [0.3, 0.4) is 0 Å². The Morgan fingerprint density at radius 1 is 1.08 bits per heavy atom. The highest BCUT2D eigenvalue weighted by Crippen LogP contribution is 2.25. The Kier molecular flexibility index (Phi) is 8.64. The minimum atomic E-state index is -0.0916. The zero-order valence-electron chi connectivity index (χ0n) is 15.5. The smallest absolute Gasteiger partial charge is 0.246 e. The minimum absolute atomic E-state index is 0.0658. The third-order valence-electron chi connectivity index (χ3n) is 5.28. The maximum atomic E-state index is 12.5. The van der Waals surface area contributed by atoms with Gasteiger partial charge in [0, 0.05) is 31.7 Å². The highest BCUT2D eigenvalue weighted by atomic mass is 16.5. The SMILES string of the molecule is COCCOCC(=O)NC1CCC(C(=O)NC2CNCCC2C)CC1. The Balaban J connectivity index is 1.63. The molecule has 7 heteroatoms. The van der Waals surface area contributed by atoms with Crippen molar-refractivity contribution < 1.29 is 19.1 Å². The van der Waals surface area contributed by atoms with Gasteiger partial charge < -0.3 is 25.4 Å². The molecule has 1 heterocycles. The average molecular weight is 355 g/mol. The van der Waals surface area contributed by atoms with Crippen molar-refractivity contribution in [2.75, 3.05) is 40.0 Å². The first-order valence-electron chi connectivity index (χ1n) is 9.47. The molecule has 2 rings (SSSR count). The maximum absolute atomic E-state index is 12.5. The summed E-state index contributed by atoms with van der Waals surface area (Å²) in [6.45, 7) is 5.08. The Morgan fingerprint density at radius 2 is 1.84 bits per heavy atom. The van der Waals surface area contributed by atoms with Gasteiger partial charge in [0.25, 0.3) is 0 Å². The van der Waals surface area contributed by atoms with E-state index >= 15 is 0 Å². The standard InChI is InChI=1S/C18H33N3O4/c1-13-7-8-19-11-16(13)21-18(23)14-3-5-15(6-4-14)20-17(22)12-25-10-9-24-2/h13-16,19H,3-12H2,1-2H3,(H,20,22)(H,21,23). The molecule has 144 valence electrons. The topological polar surface area (TPSA) is 88.7 Å². The second-order valence-electron chi connectivity index (χ2n) is 7.25. The van der Waals surface area contributed by atoms with Gasteiger partial charge >= 0.3 is 0 Å². The molecular weight excluding hydrogens is 322 g/mol. The van der Waals surface area contributed by atoms with Crippen molar-refractivity contribution in [3.05, 3.63) is 0 Å². The molecule has 0 radical (unpaired) electrons. The molecule has 2 amide bonds. The highest BCUT2D eigenvalue weighted by Gasteiger charge is 2.30. The quantitative estimate of drug-likeness (QED) is 0.550. The molecule has 3 N–H and O–H groups in total. The number of rotatable bonds is 8. The van der Waals surface area contributed by atoms with Crippen LogP contribution < -0.4 is 16.0 Å². The van der Waals surface area contributed by atoms with Gasteiger partial charge in [0.15, 0.2) is 0 Å². The Bertz CT molecular complexity index is 425. The van der Waals surface area contributed by atoms with Crippen LogP contribution in [0.4, 0.5) is 0 Å². The summed E-state index contributed by atoms with van der Waals surface area (Å²) in [6.07, 6.45) is 4.46. The van der Waals surface area contributed by atoms with Gasteiger partial charge in [-0.15, -0.1) is 0 Å². The number of methoxy groups -OCH3 is 1. The van der Waals surface area contributed by atoms with Gasteiger partial charge in [-0.2, -0.15) is 0 Å². The Hall–Kier alpha value is -1.18. The van der Waals surface area contributed by atoms with Crippen LogP contribution in [0.25, 0.3) is 0 Å². The van der Waals surface area contributed by atoms with E-state index in [-0.39, 0.29) is 36.4 Å².